The normalized spacial score (nSPS) is 31.0. The number of likely N-dealkylation sites (tertiary alicyclic amines) is 1. The van der Waals surface area contributed by atoms with Crippen LogP contribution in [-0.4, -0.2) is 39.4 Å². The molecule has 1 N–H and O–H groups in total. The molecular formula is C22H27F3N4O2. The van der Waals surface area contributed by atoms with Gasteiger partial charge in [-0.1, -0.05) is 19.8 Å². The van der Waals surface area contributed by atoms with Crippen LogP contribution >= 0.6 is 0 Å². The van der Waals surface area contributed by atoms with E-state index in [1.165, 1.54) is 18.8 Å². The third-order valence-corrected chi connectivity index (χ3v) is 7.29. The molecule has 2 aliphatic heterocycles. The first-order valence-corrected chi connectivity index (χ1v) is 11.1. The van der Waals surface area contributed by atoms with Gasteiger partial charge in [0.25, 0.3) is 5.91 Å². The number of furan rings is 1. The Hall–Kier alpha value is -2.45. The quantitative estimate of drug-likeness (QED) is 0.705. The largest absolute Gasteiger partial charge is 0.467 e. The Labute approximate surface area is 178 Å². The highest BCUT2D eigenvalue weighted by Gasteiger charge is 2.48. The molecule has 0 aromatic carbocycles. The maximum atomic E-state index is 13.8. The molecule has 31 heavy (non-hydrogen) atoms. The number of amides is 1. The molecule has 0 bridgehead atoms. The summed E-state index contributed by atoms with van der Waals surface area (Å²) < 4.78 is 47.8. The highest BCUT2D eigenvalue weighted by atomic mass is 19.4. The van der Waals surface area contributed by atoms with E-state index in [1.807, 2.05) is 4.90 Å². The summed E-state index contributed by atoms with van der Waals surface area (Å²) in [5, 5.41) is 7.24. The number of fused-ring (bicyclic) bond motifs is 2. The molecule has 6 nitrogen and oxygen atoms in total. The van der Waals surface area contributed by atoms with Crippen molar-refractivity contribution in [2.45, 2.75) is 69.8 Å². The molecule has 3 aliphatic rings. The van der Waals surface area contributed by atoms with Gasteiger partial charge in [0.2, 0.25) is 0 Å². The Balaban J connectivity index is 1.45. The molecule has 5 rings (SSSR count). The molecule has 168 valence electrons. The predicted octanol–water partition coefficient (Wildman–Crippen LogP) is 5.18. The van der Waals surface area contributed by atoms with Crippen LogP contribution in [-0.2, 0) is 0 Å². The Morgan fingerprint density at radius 2 is 2.06 bits per heavy atom. The van der Waals surface area contributed by atoms with Gasteiger partial charge in [0.05, 0.1) is 12.3 Å². The van der Waals surface area contributed by atoms with Crippen molar-refractivity contribution in [1.29, 1.82) is 0 Å². The van der Waals surface area contributed by atoms with Crippen molar-refractivity contribution in [3.05, 3.63) is 35.9 Å². The molecule has 0 unspecified atom stereocenters. The lowest BCUT2D eigenvalue weighted by Gasteiger charge is -2.47. The zero-order chi connectivity index (χ0) is 21.8. The van der Waals surface area contributed by atoms with Crippen LogP contribution < -0.4 is 5.32 Å². The first-order valence-electron chi connectivity index (χ1n) is 11.1. The van der Waals surface area contributed by atoms with Crippen LogP contribution in [0.3, 0.4) is 0 Å². The molecule has 5 atom stereocenters. The summed E-state index contributed by atoms with van der Waals surface area (Å²) in [4.78, 5) is 15.2. The zero-order valence-corrected chi connectivity index (χ0v) is 17.4. The van der Waals surface area contributed by atoms with E-state index in [2.05, 4.69) is 17.3 Å². The zero-order valence-electron chi connectivity index (χ0n) is 17.4. The monoisotopic (exact) mass is 436 g/mol. The number of nitrogens with zero attached hydrogens (tertiary/aromatic N) is 3. The molecule has 4 heterocycles. The van der Waals surface area contributed by atoms with Crippen molar-refractivity contribution in [1.82, 2.24) is 14.7 Å². The summed E-state index contributed by atoms with van der Waals surface area (Å²) >= 11 is 0. The molecule has 2 fully saturated rings. The van der Waals surface area contributed by atoms with Gasteiger partial charge in [-0.15, -0.1) is 0 Å². The summed E-state index contributed by atoms with van der Waals surface area (Å²) in [5.41, 5.74) is 0.0794. The predicted molar refractivity (Wildman–Crippen MR) is 108 cm³/mol. The summed E-state index contributed by atoms with van der Waals surface area (Å²) in [6.07, 6.45) is 1.96. The van der Waals surface area contributed by atoms with Crippen LogP contribution in [0.5, 0.6) is 0 Å². The molecule has 2 aromatic rings. The number of rotatable bonds is 2. The minimum atomic E-state index is -4.48. The van der Waals surface area contributed by atoms with Crippen LogP contribution in [0.15, 0.2) is 28.9 Å². The number of alkyl halides is 3. The van der Waals surface area contributed by atoms with E-state index in [1.54, 1.807) is 12.1 Å². The molecule has 1 amide bonds. The van der Waals surface area contributed by atoms with Gasteiger partial charge < -0.3 is 14.6 Å². The van der Waals surface area contributed by atoms with Crippen molar-refractivity contribution in [3.63, 3.8) is 0 Å². The molecule has 1 aliphatic carbocycles. The average molecular weight is 436 g/mol. The first kappa shape index (κ1) is 20.5. The second-order valence-corrected chi connectivity index (χ2v) is 9.15. The molecule has 1 saturated heterocycles. The maximum Gasteiger partial charge on any atom is 0.410 e. The molecule has 0 spiro atoms. The summed E-state index contributed by atoms with van der Waals surface area (Å²) in [5.74, 6) is 1.40. The van der Waals surface area contributed by atoms with Gasteiger partial charge in [0, 0.05) is 25.1 Å². The van der Waals surface area contributed by atoms with Crippen LogP contribution in [0, 0.1) is 11.8 Å². The smallest absolute Gasteiger partial charge is 0.410 e. The Bertz CT molecular complexity index is 939. The van der Waals surface area contributed by atoms with Gasteiger partial charge in [-0.2, -0.15) is 18.3 Å². The lowest BCUT2D eigenvalue weighted by atomic mass is 9.72. The number of hydrogen-bond acceptors (Lipinski definition) is 4. The van der Waals surface area contributed by atoms with E-state index >= 15 is 0 Å². The van der Waals surface area contributed by atoms with Crippen molar-refractivity contribution in [2.24, 2.45) is 11.8 Å². The number of halogens is 3. The van der Waals surface area contributed by atoms with Crippen molar-refractivity contribution in [2.75, 3.05) is 11.9 Å². The molecular weight excluding hydrogens is 409 g/mol. The molecule has 9 heteroatoms. The standard InChI is InChI=1S/C22H27F3N4O2/c1-13-8-9-28(17-6-3-2-5-14(13)17)21(30)16-12-20-26-15(18-7-4-10-31-18)11-19(22(23,24)25)29(20)27-16/h4,7,10,12-15,17,19,26H,2-3,5-6,8-9,11H2,1H3/t13-,14+,15-,17-,19+/m1/s1. The third-order valence-electron chi connectivity index (χ3n) is 7.29. The Morgan fingerprint density at radius 1 is 1.26 bits per heavy atom. The number of nitrogens with one attached hydrogen (secondary N) is 1. The Kier molecular flexibility index (Phi) is 5.01. The summed E-state index contributed by atoms with van der Waals surface area (Å²) in [7, 11) is 0. The summed E-state index contributed by atoms with van der Waals surface area (Å²) in [6, 6.07) is 2.48. The minimum Gasteiger partial charge on any atom is -0.467 e. The summed E-state index contributed by atoms with van der Waals surface area (Å²) in [6.45, 7) is 2.88. The first-order chi connectivity index (χ1) is 14.8. The van der Waals surface area contributed by atoms with Gasteiger partial charge in [-0.25, -0.2) is 4.68 Å². The van der Waals surface area contributed by atoms with Gasteiger partial charge in [-0.3, -0.25) is 4.79 Å². The molecule has 1 saturated carbocycles. The fourth-order valence-corrected chi connectivity index (χ4v) is 5.67. The van der Waals surface area contributed by atoms with Crippen molar-refractivity contribution < 1.29 is 22.4 Å². The molecule has 0 radical (unpaired) electrons. The van der Waals surface area contributed by atoms with Gasteiger partial charge in [-0.05, 0) is 43.2 Å². The van der Waals surface area contributed by atoms with E-state index < -0.39 is 18.3 Å². The van der Waals surface area contributed by atoms with Gasteiger partial charge in [0.1, 0.15) is 11.6 Å². The van der Waals surface area contributed by atoms with E-state index in [9.17, 15) is 18.0 Å². The van der Waals surface area contributed by atoms with Crippen LogP contribution in [0.25, 0.3) is 0 Å². The van der Waals surface area contributed by atoms with Gasteiger partial charge >= 0.3 is 6.18 Å². The number of hydrogen-bond donors (Lipinski definition) is 1. The van der Waals surface area contributed by atoms with Crippen molar-refractivity contribution in [3.8, 4) is 0 Å². The highest BCUT2D eigenvalue weighted by Crippen LogP contribution is 2.44. The van der Waals surface area contributed by atoms with E-state index in [4.69, 9.17) is 4.42 Å². The van der Waals surface area contributed by atoms with E-state index in [-0.39, 0.29) is 29.9 Å². The number of carbonyl (C=O) groups is 1. The lowest BCUT2D eigenvalue weighted by molar-refractivity contribution is -0.174. The number of carbonyl (C=O) groups excluding carboxylic acids is 1. The topological polar surface area (TPSA) is 63.3 Å². The fourth-order valence-electron chi connectivity index (χ4n) is 5.67. The minimum absolute atomic E-state index is 0.0794. The fraction of sp³-hybridized carbons (Fsp3) is 0.636. The second-order valence-electron chi connectivity index (χ2n) is 9.15. The Morgan fingerprint density at radius 3 is 2.81 bits per heavy atom. The maximum absolute atomic E-state index is 13.8. The van der Waals surface area contributed by atoms with E-state index in [0.29, 0.717) is 24.1 Å². The number of aromatic nitrogens is 2. The number of anilines is 1. The van der Waals surface area contributed by atoms with Crippen LogP contribution in [0.1, 0.15) is 73.8 Å². The second kappa shape index (κ2) is 7.60. The third kappa shape index (κ3) is 3.61. The van der Waals surface area contributed by atoms with Crippen LogP contribution in [0.4, 0.5) is 19.0 Å². The van der Waals surface area contributed by atoms with E-state index in [0.717, 1.165) is 30.4 Å². The molecule has 2 aromatic heterocycles. The average Bonchev–Trinajstić information content (AvgIpc) is 3.42. The van der Waals surface area contributed by atoms with Crippen molar-refractivity contribution >= 4 is 11.7 Å². The SMILES string of the molecule is C[C@@H]1CCN(C(=O)c2cc3n(n2)[C@H](C(F)(F)F)C[C@H](c2ccco2)N3)[C@@H]2CCCC[C@@H]12. The van der Waals surface area contributed by atoms with Gasteiger partial charge in [0.15, 0.2) is 11.7 Å². The lowest BCUT2D eigenvalue weighted by Crippen LogP contribution is -2.52. The highest BCUT2D eigenvalue weighted by molar-refractivity contribution is 5.93. The number of piperidine rings is 1. The van der Waals surface area contributed by atoms with Crippen LogP contribution in [0.2, 0.25) is 0 Å².